The Morgan fingerprint density at radius 3 is 2.53 bits per heavy atom. The number of rotatable bonds is 4. The largest absolute Gasteiger partial charge is 0.386 e. The van der Waals surface area contributed by atoms with Crippen molar-refractivity contribution in [2.75, 3.05) is 0 Å². The second-order valence-corrected chi connectivity index (χ2v) is 4.45. The second-order valence-electron chi connectivity index (χ2n) is 4.45. The van der Waals surface area contributed by atoms with Gasteiger partial charge in [0.15, 0.2) is 0 Å². The highest BCUT2D eigenvalue weighted by Gasteiger charge is 2.18. The molecule has 1 heterocycles. The van der Waals surface area contributed by atoms with Gasteiger partial charge in [-0.25, -0.2) is 8.78 Å². The topological polar surface area (TPSA) is 38.0 Å². The van der Waals surface area contributed by atoms with Crippen molar-refractivity contribution in [3.8, 4) is 0 Å². The van der Waals surface area contributed by atoms with Gasteiger partial charge in [0.05, 0.1) is 17.5 Å². The second kappa shape index (κ2) is 5.48. The van der Waals surface area contributed by atoms with E-state index >= 15 is 0 Å². The Morgan fingerprint density at radius 2 is 1.95 bits per heavy atom. The van der Waals surface area contributed by atoms with Crippen molar-refractivity contribution < 1.29 is 13.9 Å². The molecule has 5 heteroatoms. The van der Waals surface area contributed by atoms with Gasteiger partial charge in [0.2, 0.25) is 0 Å². The van der Waals surface area contributed by atoms with E-state index in [0.29, 0.717) is 12.2 Å². The molecule has 0 fully saturated rings. The van der Waals surface area contributed by atoms with Crippen LogP contribution in [0.3, 0.4) is 0 Å². The van der Waals surface area contributed by atoms with E-state index in [2.05, 4.69) is 5.10 Å². The Hall–Kier alpha value is -1.75. The van der Waals surface area contributed by atoms with Crippen LogP contribution in [0.5, 0.6) is 0 Å². The minimum absolute atomic E-state index is 0.100. The van der Waals surface area contributed by atoms with Crippen LogP contribution < -0.4 is 0 Å². The zero-order valence-corrected chi connectivity index (χ0v) is 10.9. The Bertz CT molecular complexity index is 561. The van der Waals surface area contributed by atoms with Crippen molar-refractivity contribution in [1.29, 1.82) is 0 Å². The Balaban J connectivity index is 2.28. The first-order valence-electron chi connectivity index (χ1n) is 6.18. The fourth-order valence-electron chi connectivity index (χ4n) is 2.11. The third-order valence-electron chi connectivity index (χ3n) is 3.03. The van der Waals surface area contributed by atoms with E-state index in [1.807, 2.05) is 13.8 Å². The van der Waals surface area contributed by atoms with Crippen molar-refractivity contribution >= 4 is 0 Å². The van der Waals surface area contributed by atoms with Gasteiger partial charge in [0.25, 0.3) is 0 Å². The molecular formula is C14H16F2N2O. The summed E-state index contributed by atoms with van der Waals surface area (Å²) in [6, 6.07) is 5.41. The van der Waals surface area contributed by atoms with Gasteiger partial charge in [0, 0.05) is 18.5 Å². The quantitative estimate of drug-likeness (QED) is 0.924. The third kappa shape index (κ3) is 2.81. The normalized spacial score (nSPS) is 12.7. The molecule has 0 saturated heterocycles. The number of aliphatic hydroxyl groups excluding tert-OH is 1. The Kier molecular flexibility index (Phi) is 3.95. The van der Waals surface area contributed by atoms with Gasteiger partial charge >= 0.3 is 0 Å². The number of halogens is 2. The number of hydrogen-bond donors (Lipinski definition) is 1. The summed E-state index contributed by atoms with van der Waals surface area (Å²) in [5.74, 6) is -1.28. The van der Waals surface area contributed by atoms with E-state index in [9.17, 15) is 13.9 Å². The van der Waals surface area contributed by atoms with E-state index in [-0.39, 0.29) is 12.0 Å². The van der Waals surface area contributed by atoms with Crippen LogP contribution in [0, 0.1) is 18.6 Å². The molecule has 1 N–H and O–H groups in total. The minimum atomic E-state index is -0.979. The maximum atomic E-state index is 13.5. The number of benzene rings is 1. The lowest BCUT2D eigenvalue weighted by Crippen LogP contribution is -2.11. The van der Waals surface area contributed by atoms with Gasteiger partial charge in [-0.1, -0.05) is 6.07 Å². The fraction of sp³-hybridized carbons (Fsp3) is 0.357. The lowest BCUT2D eigenvalue weighted by Gasteiger charge is -2.13. The molecule has 102 valence electrons. The minimum Gasteiger partial charge on any atom is -0.386 e. The Morgan fingerprint density at radius 1 is 1.32 bits per heavy atom. The molecule has 0 aliphatic carbocycles. The highest BCUT2D eigenvalue weighted by atomic mass is 19.1. The molecule has 0 radical (unpaired) electrons. The van der Waals surface area contributed by atoms with Gasteiger partial charge in [-0.2, -0.15) is 5.10 Å². The number of aryl methyl sites for hydroxylation is 2. The third-order valence-corrected chi connectivity index (χ3v) is 3.03. The van der Waals surface area contributed by atoms with Gasteiger partial charge in [0.1, 0.15) is 11.6 Å². The zero-order chi connectivity index (χ0) is 14.0. The van der Waals surface area contributed by atoms with Crippen LogP contribution in [0.1, 0.15) is 30.0 Å². The molecule has 2 aromatic rings. The average Bonchev–Trinajstić information content (AvgIpc) is 2.75. The van der Waals surface area contributed by atoms with Crippen molar-refractivity contribution in [2.24, 2.45) is 0 Å². The molecule has 1 aromatic heterocycles. The molecule has 1 atom stereocenters. The molecule has 0 saturated carbocycles. The van der Waals surface area contributed by atoms with Gasteiger partial charge in [-0.05, 0) is 32.0 Å². The molecule has 0 spiro atoms. The molecule has 0 aliphatic rings. The highest BCUT2D eigenvalue weighted by Crippen LogP contribution is 2.22. The summed E-state index contributed by atoms with van der Waals surface area (Å²) in [4.78, 5) is 0. The number of nitrogens with zero attached hydrogens (tertiary/aromatic N) is 2. The van der Waals surface area contributed by atoms with E-state index in [1.54, 1.807) is 10.7 Å². The van der Waals surface area contributed by atoms with E-state index < -0.39 is 17.7 Å². The SMILES string of the molecule is CCn1nc(C)cc1C(O)Cc1c(F)cccc1F. The summed E-state index contributed by atoms with van der Waals surface area (Å²) < 4.78 is 28.7. The zero-order valence-electron chi connectivity index (χ0n) is 10.9. The van der Waals surface area contributed by atoms with Crippen molar-refractivity contribution in [2.45, 2.75) is 32.9 Å². The molecular weight excluding hydrogens is 250 g/mol. The maximum absolute atomic E-state index is 13.5. The van der Waals surface area contributed by atoms with Crippen LogP contribution in [-0.2, 0) is 13.0 Å². The van der Waals surface area contributed by atoms with Crippen LogP contribution in [0.15, 0.2) is 24.3 Å². The summed E-state index contributed by atoms with van der Waals surface area (Å²) in [7, 11) is 0. The van der Waals surface area contributed by atoms with Crippen molar-refractivity contribution in [1.82, 2.24) is 9.78 Å². The predicted molar refractivity (Wildman–Crippen MR) is 67.7 cm³/mol. The lowest BCUT2D eigenvalue weighted by atomic mass is 10.0. The summed E-state index contributed by atoms with van der Waals surface area (Å²) in [6.45, 7) is 4.30. The van der Waals surface area contributed by atoms with Crippen molar-refractivity contribution in [3.63, 3.8) is 0 Å². The van der Waals surface area contributed by atoms with Crippen LogP contribution in [-0.4, -0.2) is 14.9 Å². The van der Waals surface area contributed by atoms with Gasteiger partial charge in [-0.3, -0.25) is 4.68 Å². The summed E-state index contributed by atoms with van der Waals surface area (Å²) in [5.41, 5.74) is 1.24. The van der Waals surface area contributed by atoms with E-state index in [4.69, 9.17) is 0 Å². The first-order valence-corrected chi connectivity index (χ1v) is 6.18. The number of aliphatic hydroxyl groups is 1. The van der Waals surface area contributed by atoms with Crippen LogP contribution >= 0.6 is 0 Å². The number of aromatic nitrogens is 2. The standard InChI is InChI=1S/C14H16F2N2O/c1-3-18-13(7-9(2)17-18)14(19)8-10-11(15)5-4-6-12(10)16/h4-7,14,19H,3,8H2,1-2H3. The smallest absolute Gasteiger partial charge is 0.129 e. The summed E-state index contributed by atoms with van der Waals surface area (Å²) in [5, 5.41) is 14.4. The highest BCUT2D eigenvalue weighted by molar-refractivity contribution is 5.23. The Labute approximate surface area is 110 Å². The monoisotopic (exact) mass is 266 g/mol. The van der Waals surface area contributed by atoms with Crippen molar-refractivity contribution in [3.05, 3.63) is 52.9 Å². The predicted octanol–water partition coefficient (Wildman–Crippen LogP) is 2.77. The molecule has 0 amide bonds. The summed E-state index contributed by atoms with van der Waals surface area (Å²) >= 11 is 0. The first kappa shape index (κ1) is 13.7. The average molecular weight is 266 g/mol. The maximum Gasteiger partial charge on any atom is 0.129 e. The van der Waals surface area contributed by atoms with E-state index in [1.165, 1.54) is 18.2 Å². The first-order chi connectivity index (χ1) is 9.02. The van der Waals surface area contributed by atoms with E-state index in [0.717, 1.165) is 5.69 Å². The van der Waals surface area contributed by atoms with Gasteiger partial charge < -0.3 is 5.11 Å². The molecule has 2 rings (SSSR count). The van der Waals surface area contributed by atoms with Gasteiger partial charge in [-0.15, -0.1) is 0 Å². The molecule has 3 nitrogen and oxygen atoms in total. The lowest BCUT2D eigenvalue weighted by molar-refractivity contribution is 0.164. The molecule has 0 aliphatic heterocycles. The fourth-order valence-corrected chi connectivity index (χ4v) is 2.11. The molecule has 0 bridgehead atoms. The van der Waals surface area contributed by atoms with Crippen LogP contribution in [0.25, 0.3) is 0 Å². The molecule has 1 unspecified atom stereocenters. The number of hydrogen-bond acceptors (Lipinski definition) is 2. The summed E-state index contributed by atoms with van der Waals surface area (Å²) in [6.07, 6.45) is -1.09. The molecule has 19 heavy (non-hydrogen) atoms. The van der Waals surface area contributed by atoms with Crippen LogP contribution in [0.4, 0.5) is 8.78 Å². The molecule has 1 aromatic carbocycles. The van der Waals surface area contributed by atoms with Crippen LogP contribution in [0.2, 0.25) is 0 Å².